The van der Waals surface area contributed by atoms with Crippen LogP contribution in [-0.4, -0.2) is 23.1 Å². The first-order valence-electron chi connectivity index (χ1n) is 3.32. The van der Waals surface area contributed by atoms with E-state index in [2.05, 4.69) is 6.58 Å². The maximum Gasteiger partial charge on any atom is 0.469 e. The lowest BCUT2D eigenvalue weighted by Gasteiger charge is -2.12. The zero-order valence-corrected chi connectivity index (χ0v) is 6.20. The second-order valence-electron chi connectivity index (χ2n) is 2.53. The Balaban J connectivity index is 3.56. The van der Waals surface area contributed by atoms with Crippen molar-refractivity contribution in [1.29, 1.82) is 0 Å². The van der Waals surface area contributed by atoms with E-state index in [9.17, 15) is 0 Å². The first-order valence-corrected chi connectivity index (χ1v) is 3.32. The Morgan fingerprint density at radius 3 is 2.50 bits per heavy atom. The SMILES string of the molecule is C=CC(C)CC(N)B(O)O. The molecule has 0 aromatic carbocycles. The lowest BCUT2D eigenvalue weighted by atomic mass is 9.75. The first-order chi connectivity index (χ1) is 4.57. The standard InChI is InChI=1S/C6H14BNO2/c1-3-5(2)4-6(8)7(9)10/h3,5-6,9-10H,1,4,8H2,2H3. The first kappa shape index (κ1) is 9.68. The molecule has 0 rings (SSSR count). The van der Waals surface area contributed by atoms with Crippen molar-refractivity contribution < 1.29 is 10.0 Å². The Hall–Kier alpha value is -0.315. The van der Waals surface area contributed by atoms with Crippen LogP contribution in [0.5, 0.6) is 0 Å². The molecule has 2 atom stereocenters. The Morgan fingerprint density at radius 2 is 2.20 bits per heavy atom. The van der Waals surface area contributed by atoms with Crippen LogP contribution in [0.25, 0.3) is 0 Å². The van der Waals surface area contributed by atoms with Gasteiger partial charge in [0, 0.05) is 5.94 Å². The van der Waals surface area contributed by atoms with Crippen LogP contribution in [0.3, 0.4) is 0 Å². The third kappa shape index (κ3) is 3.66. The number of hydrogen-bond acceptors (Lipinski definition) is 3. The molecule has 4 N–H and O–H groups in total. The third-order valence-electron chi connectivity index (χ3n) is 1.43. The molecule has 0 aliphatic rings. The average Bonchev–Trinajstić information content (AvgIpc) is 1.87. The molecular weight excluding hydrogens is 129 g/mol. The Morgan fingerprint density at radius 1 is 1.70 bits per heavy atom. The second-order valence-corrected chi connectivity index (χ2v) is 2.53. The van der Waals surface area contributed by atoms with Gasteiger partial charge in [0.15, 0.2) is 0 Å². The van der Waals surface area contributed by atoms with Crippen molar-refractivity contribution in [2.45, 2.75) is 19.3 Å². The molecule has 0 fully saturated rings. The van der Waals surface area contributed by atoms with Crippen molar-refractivity contribution in [2.75, 3.05) is 0 Å². The summed E-state index contributed by atoms with van der Waals surface area (Å²) < 4.78 is 0. The van der Waals surface area contributed by atoms with Gasteiger partial charge in [0.1, 0.15) is 0 Å². The summed E-state index contributed by atoms with van der Waals surface area (Å²) in [6.45, 7) is 5.48. The van der Waals surface area contributed by atoms with Crippen molar-refractivity contribution in [1.82, 2.24) is 0 Å². The normalized spacial score (nSPS) is 16.0. The zero-order valence-electron chi connectivity index (χ0n) is 6.20. The zero-order chi connectivity index (χ0) is 8.15. The topological polar surface area (TPSA) is 66.5 Å². The highest BCUT2D eigenvalue weighted by Gasteiger charge is 2.19. The predicted octanol–water partition coefficient (Wildman–Crippen LogP) is -0.462. The highest BCUT2D eigenvalue weighted by Crippen LogP contribution is 2.05. The number of allylic oxidation sites excluding steroid dienone is 1. The van der Waals surface area contributed by atoms with Gasteiger partial charge in [0.2, 0.25) is 0 Å². The molecule has 3 nitrogen and oxygen atoms in total. The van der Waals surface area contributed by atoms with Crippen LogP contribution >= 0.6 is 0 Å². The van der Waals surface area contributed by atoms with Gasteiger partial charge >= 0.3 is 7.12 Å². The summed E-state index contributed by atoms with van der Waals surface area (Å²) in [5, 5.41) is 17.1. The smallest absolute Gasteiger partial charge is 0.426 e. The Bertz CT molecular complexity index is 108. The summed E-state index contributed by atoms with van der Waals surface area (Å²) in [4.78, 5) is 0. The van der Waals surface area contributed by atoms with E-state index in [0.717, 1.165) is 0 Å². The van der Waals surface area contributed by atoms with Crippen LogP contribution in [0, 0.1) is 5.92 Å². The average molecular weight is 143 g/mol. The van der Waals surface area contributed by atoms with E-state index in [4.69, 9.17) is 15.8 Å². The number of rotatable bonds is 4. The maximum absolute atomic E-state index is 8.56. The molecule has 0 aromatic rings. The lowest BCUT2D eigenvalue weighted by Crippen LogP contribution is -2.39. The predicted molar refractivity (Wildman–Crippen MR) is 42.1 cm³/mol. The number of nitrogens with two attached hydrogens (primary N) is 1. The summed E-state index contributed by atoms with van der Waals surface area (Å²) >= 11 is 0. The fraction of sp³-hybridized carbons (Fsp3) is 0.667. The van der Waals surface area contributed by atoms with Crippen LogP contribution in [0.2, 0.25) is 0 Å². The lowest BCUT2D eigenvalue weighted by molar-refractivity contribution is 0.375. The largest absolute Gasteiger partial charge is 0.469 e. The quantitative estimate of drug-likeness (QED) is 0.368. The second kappa shape index (κ2) is 4.49. The minimum atomic E-state index is -1.41. The Labute approximate surface area is 61.7 Å². The van der Waals surface area contributed by atoms with E-state index >= 15 is 0 Å². The monoisotopic (exact) mass is 143 g/mol. The summed E-state index contributed by atoms with van der Waals surface area (Å²) in [5.41, 5.74) is 5.35. The van der Waals surface area contributed by atoms with Gasteiger partial charge in [-0.1, -0.05) is 13.0 Å². The van der Waals surface area contributed by atoms with Gasteiger partial charge in [0.05, 0.1) is 0 Å². The molecule has 0 aliphatic heterocycles. The fourth-order valence-corrected chi connectivity index (χ4v) is 0.647. The van der Waals surface area contributed by atoms with Crippen LogP contribution < -0.4 is 5.73 Å². The van der Waals surface area contributed by atoms with E-state index in [-0.39, 0.29) is 5.92 Å². The van der Waals surface area contributed by atoms with Gasteiger partial charge < -0.3 is 15.8 Å². The summed E-state index contributed by atoms with van der Waals surface area (Å²) in [6.07, 6.45) is 2.30. The molecule has 0 radical (unpaired) electrons. The van der Waals surface area contributed by atoms with Crippen LogP contribution in [-0.2, 0) is 0 Å². The van der Waals surface area contributed by atoms with Crippen molar-refractivity contribution in [3.8, 4) is 0 Å². The molecule has 4 heteroatoms. The van der Waals surface area contributed by atoms with Crippen molar-refractivity contribution in [2.24, 2.45) is 11.7 Å². The van der Waals surface area contributed by atoms with Crippen molar-refractivity contribution in [3.05, 3.63) is 12.7 Å². The summed E-state index contributed by atoms with van der Waals surface area (Å²) in [5.74, 6) is -0.329. The van der Waals surface area contributed by atoms with Gasteiger partial charge in [-0.05, 0) is 12.3 Å². The van der Waals surface area contributed by atoms with E-state index in [1.807, 2.05) is 6.92 Å². The van der Waals surface area contributed by atoms with Crippen molar-refractivity contribution >= 4 is 7.12 Å². The Kier molecular flexibility index (Phi) is 4.35. The van der Waals surface area contributed by atoms with E-state index in [0.29, 0.717) is 6.42 Å². The van der Waals surface area contributed by atoms with Gasteiger partial charge in [-0.15, -0.1) is 6.58 Å². The van der Waals surface area contributed by atoms with Crippen LogP contribution in [0.4, 0.5) is 0 Å². The molecule has 0 spiro atoms. The molecule has 0 aliphatic carbocycles. The van der Waals surface area contributed by atoms with Crippen LogP contribution in [0.15, 0.2) is 12.7 Å². The molecule has 10 heavy (non-hydrogen) atoms. The van der Waals surface area contributed by atoms with E-state index in [1.54, 1.807) is 6.08 Å². The summed E-state index contributed by atoms with van der Waals surface area (Å²) in [7, 11) is -1.41. The molecule has 0 aromatic heterocycles. The van der Waals surface area contributed by atoms with Gasteiger partial charge in [-0.2, -0.15) is 0 Å². The van der Waals surface area contributed by atoms with E-state index in [1.165, 1.54) is 0 Å². The molecule has 0 heterocycles. The molecule has 2 unspecified atom stereocenters. The minimum Gasteiger partial charge on any atom is -0.426 e. The van der Waals surface area contributed by atoms with Crippen LogP contribution in [0.1, 0.15) is 13.3 Å². The van der Waals surface area contributed by atoms with E-state index < -0.39 is 13.1 Å². The van der Waals surface area contributed by atoms with Gasteiger partial charge in [-0.25, -0.2) is 0 Å². The summed E-state index contributed by atoms with van der Waals surface area (Å²) in [6, 6.07) is 0. The minimum absolute atomic E-state index is 0.233. The molecule has 0 saturated carbocycles. The van der Waals surface area contributed by atoms with Crippen molar-refractivity contribution in [3.63, 3.8) is 0 Å². The van der Waals surface area contributed by atoms with Gasteiger partial charge in [0.25, 0.3) is 0 Å². The van der Waals surface area contributed by atoms with Gasteiger partial charge in [-0.3, -0.25) is 0 Å². The number of hydrogen-bond donors (Lipinski definition) is 3. The molecule has 0 amide bonds. The highest BCUT2D eigenvalue weighted by molar-refractivity contribution is 6.43. The molecule has 58 valence electrons. The molecule has 0 saturated heterocycles. The molecule has 0 bridgehead atoms. The highest BCUT2D eigenvalue weighted by atomic mass is 16.4. The maximum atomic E-state index is 8.56. The molecular formula is C6H14BNO2. The third-order valence-corrected chi connectivity index (χ3v) is 1.43. The fourth-order valence-electron chi connectivity index (χ4n) is 0.647.